The summed E-state index contributed by atoms with van der Waals surface area (Å²) in [7, 11) is -2.89. The van der Waals surface area contributed by atoms with Crippen LogP contribution in [0.1, 0.15) is 12.0 Å². The Bertz CT molecular complexity index is 631. The number of halogens is 1. The Morgan fingerprint density at radius 1 is 1.43 bits per heavy atom. The number of sulfone groups is 1. The Balaban J connectivity index is 1.74. The molecular weight excluding hydrogens is 312 g/mol. The Hall–Kier alpha value is -1.27. The lowest BCUT2D eigenvalue weighted by Gasteiger charge is -2.11. The van der Waals surface area contributed by atoms with Gasteiger partial charge >= 0.3 is 0 Å². The summed E-state index contributed by atoms with van der Waals surface area (Å²) >= 11 is 6.01. The molecule has 1 aromatic rings. The number of anilines is 1. The molecule has 116 valence electrons. The van der Waals surface area contributed by atoms with Crippen LogP contribution in [0, 0.1) is 12.8 Å². The van der Waals surface area contributed by atoms with Gasteiger partial charge in [-0.2, -0.15) is 0 Å². The van der Waals surface area contributed by atoms with Crippen LogP contribution in [0.3, 0.4) is 0 Å². The molecule has 0 radical (unpaired) electrons. The van der Waals surface area contributed by atoms with E-state index in [1.54, 1.807) is 6.07 Å². The second-order valence-electron chi connectivity index (χ2n) is 5.39. The lowest BCUT2D eigenvalue weighted by Crippen LogP contribution is -2.34. The van der Waals surface area contributed by atoms with Crippen LogP contribution in [0.2, 0.25) is 5.02 Å². The number of carbonyl (C=O) groups excluding carboxylic acids is 1. The van der Waals surface area contributed by atoms with Gasteiger partial charge in [0.2, 0.25) is 5.91 Å². The minimum atomic E-state index is -2.89. The van der Waals surface area contributed by atoms with E-state index in [4.69, 9.17) is 11.6 Å². The van der Waals surface area contributed by atoms with E-state index in [1.165, 1.54) is 0 Å². The molecule has 1 aliphatic rings. The van der Waals surface area contributed by atoms with Crippen LogP contribution < -0.4 is 10.6 Å². The standard InChI is InChI=1S/C14H19ClN2O3S/c1-10-2-3-12(6-13(10)15)16-8-14(18)17-7-11-4-5-21(19,20)9-11/h2-3,6,11,16H,4-5,7-9H2,1H3,(H,17,18)/t11-/m0/s1. The molecule has 1 fully saturated rings. The van der Waals surface area contributed by atoms with Crippen LogP contribution >= 0.6 is 11.6 Å². The first-order valence-corrected chi connectivity index (χ1v) is 9.03. The van der Waals surface area contributed by atoms with Gasteiger partial charge in [-0.3, -0.25) is 4.79 Å². The van der Waals surface area contributed by atoms with E-state index in [9.17, 15) is 13.2 Å². The minimum Gasteiger partial charge on any atom is -0.376 e. The molecule has 1 aromatic carbocycles. The number of aryl methyl sites for hydroxylation is 1. The first-order chi connectivity index (χ1) is 9.85. The third-order valence-corrected chi connectivity index (χ3v) is 5.78. The number of hydrogen-bond donors (Lipinski definition) is 2. The zero-order valence-corrected chi connectivity index (χ0v) is 13.4. The van der Waals surface area contributed by atoms with Gasteiger partial charge in [0.25, 0.3) is 0 Å². The maximum Gasteiger partial charge on any atom is 0.239 e. The fourth-order valence-corrected chi connectivity index (χ4v) is 4.28. The van der Waals surface area contributed by atoms with Gasteiger partial charge in [0.1, 0.15) is 0 Å². The van der Waals surface area contributed by atoms with Crippen LogP contribution in [0.4, 0.5) is 5.69 Å². The highest BCUT2D eigenvalue weighted by atomic mass is 35.5. The van der Waals surface area contributed by atoms with Gasteiger partial charge in [-0.1, -0.05) is 17.7 Å². The number of hydrogen-bond acceptors (Lipinski definition) is 4. The van der Waals surface area contributed by atoms with Gasteiger partial charge in [0.05, 0.1) is 18.1 Å². The Kier molecular flexibility index (Phi) is 5.11. The van der Waals surface area contributed by atoms with Crippen LogP contribution in [0.5, 0.6) is 0 Å². The molecule has 1 atom stereocenters. The van der Waals surface area contributed by atoms with Crippen molar-refractivity contribution in [2.45, 2.75) is 13.3 Å². The molecule has 1 heterocycles. The monoisotopic (exact) mass is 330 g/mol. The number of rotatable bonds is 5. The summed E-state index contributed by atoms with van der Waals surface area (Å²) in [4.78, 5) is 11.7. The average Bonchev–Trinajstić information content (AvgIpc) is 2.77. The quantitative estimate of drug-likeness (QED) is 0.860. The molecule has 2 N–H and O–H groups in total. The molecule has 5 nitrogen and oxygen atoms in total. The maximum absolute atomic E-state index is 11.7. The van der Waals surface area contributed by atoms with E-state index in [0.29, 0.717) is 18.0 Å². The SMILES string of the molecule is Cc1ccc(NCC(=O)NC[C@@H]2CCS(=O)(=O)C2)cc1Cl. The molecule has 2 rings (SSSR count). The van der Waals surface area contributed by atoms with Gasteiger partial charge < -0.3 is 10.6 Å². The summed E-state index contributed by atoms with van der Waals surface area (Å²) < 4.78 is 22.6. The molecule has 1 saturated heterocycles. The summed E-state index contributed by atoms with van der Waals surface area (Å²) in [6.45, 7) is 2.46. The number of benzene rings is 1. The molecule has 0 bridgehead atoms. The van der Waals surface area contributed by atoms with Crippen molar-refractivity contribution < 1.29 is 13.2 Å². The molecule has 1 aliphatic heterocycles. The normalized spacial score (nSPS) is 20.2. The summed E-state index contributed by atoms with van der Waals surface area (Å²) in [5.74, 6) is 0.283. The lowest BCUT2D eigenvalue weighted by molar-refractivity contribution is -0.119. The second-order valence-corrected chi connectivity index (χ2v) is 8.03. The van der Waals surface area contributed by atoms with Crippen LogP contribution in [0.15, 0.2) is 18.2 Å². The molecule has 1 amide bonds. The highest BCUT2D eigenvalue weighted by Gasteiger charge is 2.27. The third-order valence-electron chi connectivity index (χ3n) is 3.54. The van der Waals surface area contributed by atoms with Gasteiger partial charge in [0, 0.05) is 17.3 Å². The molecule has 7 heteroatoms. The van der Waals surface area contributed by atoms with Gasteiger partial charge in [-0.25, -0.2) is 8.42 Å². The first-order valence-electron chi connectivity index (χ1n) is 6.83. The summed E-state index contributed by atoms with van der Waals surface area (Å²) in [5, 5.41) is 6.40. The smallest absolute Gasteiger partial charge is 0.239 e. The predicted octanol–water partition coefficient (Wildman–Crippen LogP) is 1.61. The molecule has 0 unspecified atom stereocenters. The zero-order valence-electron chi connectivity index (χ0n) is 11.9. The van der Waals surface area contributed by atoms with Crippen molar-refractivity contribution >= 4 is 33.0 Å². The van der Waals surface area contributed by atoms with E-state index >= 15 is 0 Å². The Morgan fingerprint density at radius 3 is 2.81 bits per heavy atom. The molecular formula is C14H19ClN2O3S. The van der Waals surface area contributed by atoms with E-state index in [1.807, 2.05) is 19.1 Å². The number of nitrogens with one attached hydrogen (secondary N) is 2. The Labute approximate surface area is 130 Å². The largest absolute Gasteiger partial charge is 0.376 e. The third kappa shape index (κ3) is 4.89. The second kappa shape index (κ2) is 6.66. The van der Waals surface area contributed by atoms with E-state index in [0.717, 1.165) is 11.3 Å². The van der Waals surface area contributed by atoms with Crippen molar-refractivity contribution in [2.75, 3.05) is 29.9 Å². The highest BCUT2D eigenvalue weighted by molar-refractivity contribution is 7.91. The number of carbonyl (C=O) groups is 1. The maximum atomic E-state index is 11.7. The van der Waals surface area contributed by atoms with Crippen molar-refractivity contribution in [3.8, 4) is 0 Å². The molecule has 0 spiro atoms. The van der Waals surface area contributed by atoms with Crippen molar-refractivity contribution in [1.29, 1.82) is 0 Å². The number of amides is 1. The fourth-order valence-electron chi connectivity index (χ4n) is 2.24. The van der Waals surface area contributed by atoms with Gasteiger partial charge in [-0.15, -0.1) is 0 Å². The topological polar surface area (TPSA) is 75.3 Å². The summed E-state index contributed by atoms with van der Waals surface area (Å²) in [5.41, 5.74) is 1.76. The zero-order chi connectivity index (χ0) is 15.5. The molecule has 21 heavy (non-hydrogen) atoms. The van der Waals surface area contributed by atoms with Crippen molar-refractivity contribution in [1.82, 2.24) is 5.32 Å². The predicted molar refractivity (Wildman–Crippen MR) is 84.4 cm³/mol. The van der Waals surface area contributed by atoms with Crippen molar-refractivity contribution in [3.63, 3.8) is 0 Å². The van der Waals surface area contributed by atoms with Crippen molar-refractivity contribution in [2.24, 2.45) is 5.92 Å². The lowest BCUT2D eigenvalue weighted by atomic mass is 10.1. The Morgan fingerprint density at radius 2 is 2.19 bits per heavy atom. The van der Waals surface area contributed by atoms with Crippen molar-refractivity contribution in [3.05, 3.63) is 28.8 Å². The minimum absolute atomic E-state index is 0.0350. The molecule has 0 saturated carbocycles. The van der Waals surface area contributed by atoms with E-state index in [-0.39, 0.29) is 29.9 Å². The van der Waals surface area contributed by atoms with E-state index in [2.05, 4.69) is 10.6 Å². The van der Waals surface area contributed by atoms with Crippen LogP contribution in [-0.4, -0.2) is 38.9 Å². The van der Waals surface area contributed by atoms with Gasteiger partial charge in [-0.05, 0) is 37.0 Å². The molecule has 0 aromatic heterocycles. The highest BCUT2D eigenvalue weighted by Crippen LogP contribution is 2.20. The van der Waals surface area contributed by atoms with Crippen LogP contribution in [-0.2, 0) is 14.6 Å². The van der Waals surface area contributed by atoms with Gasteiger partial charge in [0.15, 0.2) is 9.84 Å². The van der Waals surface area contributed by atoms with E-state index < -0.39 is 9.84 Å². The summed E-state index contributed by atoms with van der Waals surface area (Å²) in [6, 6.07) is 5.51. The van der Waals surface area contributed by atoms with Crippen LogP contribution in [0.25, 0.3) is 0 Å². The summed E-state index contributed by atoms with van der Waals surface area (Å²) in [6.07, 6.45) is 0.629. The first kappa shape index (κ1) is 16.1. The average molecular weight is 331 g/mol. The fraction of sp³-hybridized carbons (Fsp3) is 0.500. The molecule has 0 aliphatic carbocycles.